The van der Waals surface area contributed by atoms with E-state index in [1.165, 1.54) is 25.0 Å². The average Bonchev–Trinajstić information content (AvgIpc) is 2.46. The molecule has 0 saturated heterocycles. The summed E-state index contributed by atoms with van der Waals surface area (Å²) in [5, 5.41) is 3.17. The van der Waals surface area contributed by atoms with Crippen molar-refractivity contribution >= 4 is 11.5 Å². The third-order valence-corrected chi connectivity index (χ3v) is 2.49. The molecule has 1 N–H and O–H groups in total. The van der Waals surface area contributed by atoms with Crippen LogP contribution in [0, 0.1) is 5.82 Å². The predicted octanol–water partition coefficient (Wildman–Crippen LogP) is 3.21. The van der Waals surface area contributed by atoms with Crippen LogP contribution >= 0.6 is 0 Å². The molecule has 2 nitrogen and oxygen atoms in total. The van der Waals surface area contributed by atoms with Crippen molar-refractivity contribution in [2.75, 3.05) is 11.9 Å². The molecule has 1 aromatic carbocycles. The van der Waals surface area contributed by atoms with E-state index in [9.17, 15) is 4.39 Å². The molecular weight excluding hydrogens is 191 g/mol. The van der Waals surface area contributed by atoms with Gasteiger partial charge < -0.3 is 5.32 Å². The predicted molar refractivity (Wildman–Crippen MR) is 60.8 cm³/mol. The standard InChI is InChI=1S/C12H15FN2/c13-10-5-4-6-11(9-10)15-12-7-2-1-3-8-14-12/h4-6,9H,1-3,7-8H2,(H,14,15). The van der Waals surface area contributed by atoms with Crippen molar-refractivity contribution in [3.05, 3.63) is 30.1 Å². The van der Waals surface area contributed by atoms with Gasteiger partial charge in [0.1, 0.15) is 11.7 Å². The Morgan fingerprint density at radius 1 is 1.20 bits per heavy atom. The van der Waals surface area contributed by atoms with Crippen LogP contribution in [0.1, 0.15) is 25.7 Å². The third kappa shape index (κ3) is 3.05. The number of anilines is 1. The van der Waals surface area contributed by atoms with Gasteiger partial charge in [-0.25, -0.2) is 4.39 Å². The third-order valence-electron chi connectivity index (χ3n) is 2.49. The zero-order chi connectivity index (χ0) is 10.5. The Morgan fingerprint density at radius 2 is 2.13 bits per heavy atom. The Hall–Kier alpha value is -1.38. The number of hydrogen-bond donors (Lipinski definition) is 1. The van der Waals surface area contributed by atoms with E-state index in [2.05, 4.69) is 10.3 Å². The van der Waals surface area contributed by atoms with Gasteiger partial charge in [0.05, 0.1) is 0 Å². The first-order valence-electron chi connectivity index (χ1n) is 5.40. The summed E-state index contributed by atoms with van der Waals surface area (Å²) in [4.78, 5) is 4.43. The van der Waals surface area contributed by atoms with Gasteiger partial charge in [0.2, 0.25) is 0 Å². The minimum atomic E-state index is -0.214. The lowest BCUT2D eigenvalue weighted by molar-refractivity contribution is 0.628. The highest BCUT2D eigenvalue weighted by atomic mass is 19.1. The van der Waals surface area contributed by atoms with Crippen LogP contribution in [0.4, 0.5) is 10.1 Å². The van der Waals surface area contributed by atoms with Gasteiger partial charge >= 0.3 is 0 Å². The van der Waals surface area contributed by atoms with Gasteiger partial charge in [-0.3, -0.25) is 4.99 Å². The molecule has 15 heavy (non-hydrogen) atoms. The molecule has 0 radical (unpaired) electrons. The molecule has 1 aromatic rings. The van der Waals surface area contributed by atoms with E-state index in [1.807, 2.05) is 6.07 Å². The number of nitrogens with one attached hydrogen (secondary N) is 1. The van der Waals surface area contributed by atoms with Crippen molar-refractivity contribution in [3.8, 4) is 0 Å². The van der Waals surface area contributed by atoms with Gasteiger partial charge in [0.15, 0.2) is 0 Å². The molecule has 0 aliphatic carbocycles. The second-order valence-corrected chi connectivity index (χ2v) is 3.77. The fraction of sp³-hybridized carbons (Fsp3) is 0.417. The first-order chi connectivity index (χ1) is 7.34. The van der Waals surface area contributed by atoms with E-state index in [4.69, 9.17) is 0 Å². The quantitative estimate of drug-likeness (QED) is 0.749. The lowest BCUT2D eigenvalue weighted by Crippen LogP contribution is -2.11. The van der Waals surface area contributed by atoms with Crippen LogP contribution in [0.25, 0.3) is 0 Å². The molecule has 0 fully saturated rings. The molecule has 2 rings (SSSR count). The van der Waals surface area contributed by atoms with Gasteiger partial charge in [-0.2, -0.15) is 0 Å². The minimum Gasteiger partial charge on any atom is -0.344 e. The molecular formula is C12H15FN2. The van der Waals surface area contributed by atoms with Crippen LogP contribution < -0.4 is 5.32 Å². The second-order valence-electron chi connectivity index (χ2n) is 3.77. The van der Waals surface area contributed by atoms with E-state index < -0.39 is 0 Å². The maximum absolute atomic E-state index is 12.9. The summed E-state index contributed by atoms with van der Waals surface area (Å²) in [7, 11) is 0. The highest BCUT2D eigenvalue weighted by Crippen LogP contribution is 2.13. The van der Waals surface area contributed by atoms with Crippen molar-refractivity contribution in [2.45, 2.75) is 25.7 Å². The number of halogens is 1. The molecule has 80 valence electrons. The van der Waals surface area contributed by atoms with Crippen molar-refractivity contribution in [2.24, 2.45) is 4.99 Å². The van der Waals surface area contributed by atoms with Gasteiger partial charge in [0.25, 0.3) is 0 Å². The molecule has 0 aromatic heterocycles. The van der Waals surface area contributed by atoms with Crippen LogP contribution in [0.3, 0.4) is 0 Å². The lowest BCUT2D eigenvalue weighted by atomic mass is 10.2. The maximum atomic E-state index is 12.9. The number of nitrogens with zero attached hydrogens (tertiary/aromatic N) is 1. The van der Waals surface area contributed by atoms with Crippen LogP contribution in [0.15, 0.2) is 29.3 Å². The van der Waals surface area contributed by atoms with Gasteiger partial charge in [0, 0.05) is 18.7 Å². The zero-order valence-corrected chi connectivity index (χ0v) is 8.67. The zero-order valence-electron chi connectivity index (χ0n) is 8.67. The summed E-state index contributed by atoms with van der Waals surface area (Å²) in [5.74, 6) is 0.771. The molecule has 0 atom stereocenters. The molecule has 3 heteroatoms. The largest absolute Gasteiger partial charge is 0.344 e. The Kier molecular flexibility index (Phi) is 3.33. The molecule has 0 unspecified atom stereocenters. The van der Waals surface area contributed by atoms with Gasteiger partial charge in [-0.15, -0.1) is 0 Å². The maximum Gasteiger partial charge on any atom is 0.125 e. The first-order valence-corrected chi connectivity index (χ1v) is 5.40. The Morgan fingerprint density at radius 3 is 3.00 bits per heavy atom. The summed E-state index contributed by atoms with van der Waals surface area (Å²) in [6.07, 6.45) is 4.53. The summed E-state index contributed by atoms with van der Waals surface area (Å²) in [6.45, 7) is 0.887. The van der Waals surface area contributed by atoms with Crippen molar-refractivity contribution < 1.29 is 4.39 Å². The smallest absolute Gasteiger partial charge is 0.125 e. The SMILES string of the molecule is Fc1cccc(NC2=NCCCCC2)c1. The fourth-order valence-electron chi connectivity index (χ4n) is 1.71. The van der Waals surface area contributed by atoms with Crippen molar-refractivity contribution in [1.82, 2.24) is 0 Å². The summed E-state index contributed by atoms with van der Waals surface area (Å²) >= 11 is 0. The highest BCUT2D eigenvalue weighted by molar-refractivity contribution is 5.95. The molecule has 1 aliphatic rings. The Labute approximate surface area is 89.2 Å². The monoisotopic (exact) mass is 206 g/mol. The molecule has 1 aliphatic heterocycles. The van der Waals surface area contributed by atoms with Crippen LogP contribution in [-0.4, -0.2) is 12.4 Å². The van der Waals surface area contributed by atoms with Gasteiger partial charge in [-0.1, -0.05) is 12.5 Å². The molecule has 0 bridgehead atoms. The molecule has 0 saturated carbocycles. The normalized spacial score (nSPS) is 16.7. The van der Waals surface area contributed by atoms with Crippen LogP contribution in [-0.2, 0) is 0 Å². The van der Waals surface area contributed by atoms with E-state index in [0.29, 0.717) is 0 Å². The summed E-state index contributed by atoms with van der Waals surface area (Å²) in [5.41, 5.74) is 0.788. The number of hydrogen-bond acceptors (Lipinski definition) is 2. The highest BCUT2D eigenvalue weighted by Gasteiger charge is 2.04. The first kappa shape index (κ1) is 10.1. The second kappa shape index (κ2) is 4.91. The number of aliphatic imine (C=N–C) groups is 1. The average molecular weight is 206 g/mol. The fourth-order valence-corrected chi connectivity index (χ4v) is 1.71. The van der Waals surface area contributed by atoms with Gasteiger partial charge in [-0.05, 0) is 31.0 Å². The molecule has 0 spiro atoms. The minimum absolute atomic E-state index is 0.214. The number of rotatable bonds is 1. The van der Waals surface area contributed by atoms with E-state index in [0.717, 1.165) is 30.9 Å². The number of amidine groups is 1. The number of benzene rings is 1. The van der Waals surface area contributed by atoms with E-state index in [1.54, 1.807) is 6.07 Å². The van der Waals surface area contributed by atoms with E-state index in [-0.39, 0.29) is 5.82 Å². The van der Waals surface area contributed by atoms with Crippen LogP contribution in [0.5, 0.6) is 0 Å². The van der Waals surface area contributed by atoms with Crippen molar-refractivity contribution in [1.29, 1.82) is 0 Å². The topological polar surface area (TPSA) is 24.4 Å². The Bertz CT molecular complexity index is 360. The van der Waals surface area contributed by atoms with E-state index >= 15 is 0 Å². The molecule has 1 heterocycles. The van der Waals surface area contributed by atoms with Crippen molar-refractivity contribution in [3.63, 3.8) is 0 Å². The van der Waals surface area contributed by atoms with Crippen LogP contribution in [0.2, 0.25) is 0 Å². The molecule has 0 amide bonds. The Balaban J connectivity index is 2.04. The summed E-state index contributed by atoms with van der Waals surface area (Å²) < 4.78 is 12.9. The lowest BCUT2D eigenvalue weighted by Gasteiger charge is -2.07. The summed E-state index contributed by atoms with van der Waals surface area (Å²) in [6, 6.07) is 6.50.